The molecule has 0 unspecified atom stereocenters. The Balaban J connectivity index is 3.10. The van der Waals surface area contributed by atoms with Crippen LogP contribution < -0.4 is 0 Å². The molecular weight excluding hydrogens is 208 g/mol. The first kappa shape index (κ1) is 16.5. The van der Waals surface area contributed by atoms with Crippen molar-refractivity contribution in [3.63, 3.8) is 0 Å². The van der Waals surface area contributed by atoms with Crippen molar-refractivity contribution in [1.82, 2.24) is 0 Å². The SMILES string of the molecule is C#CCCCCCCCCC[C@H](O)CC(C)C. The van der Waals surface area contributed by atoms with Crippen molar-refractivity contribution >= 4 is 0 Å². The molecule has 0 aromatic rings. The lowest BCUT2D eigenvalue weighted by Gasteiger charge is -2.12. The lowest BCUT2D eigenvalue weighted by atomic mass is 10.00. The number of aliphatic hydroxyl groups is 1. The molecule has 0 aromatic heterocycles. The third-order valence-corrected chi connectivity index (χ3v) is 3.10. The number of rotatable bonds is 11. The Morgan fingerprint density at radius 1 is 0.941 bits per heavy atom. The molecule has 0 bridgehead atoms. The fraction of sp³-hybridized carbons (Fsp3) is 0.875. The maximum Gasteiger partial charge on any atom is 0.0542 e. The van der Waals surface area contributed by atoms with Gasteiger partial charge in [-0.3, -0.25) is 0 Å². The minimum Gasteiger partial charge on any atom is -0.393 e. The summed E-state index contributed by atoms with van der Waals surface area (Å²) in [5.41, 5.74) is 0. The van der Waals surface area contributed by atoms with Crippen molar-refractivity contribution in [3.05, 3.63) is 0 Å². The first-order valence-corrected chi connectivity index (χ1v) is 7.28. The van der Waals surface area contributed by atoms with E-state index in [-0.39, 0.29) is 6.10 Å². The highest BCUT2D eigenvalue weighted by atomic mass is 16.3. The van der Waals surface area contributed by atoms with Crippen molar-refractivity contribution in [3.8, 4) is 12.3 Å². The van der Waals surface area contributed by atoms with Gasteiger partial charge in [0.2, 0.25) is 0 Å². The van der Waals surface area contributed by atoms with Crippen LogP contribution in [0.5, 0.6) is 0 Å². The second-order valence-electron chi connectivity index (χ2n) is 5.50. The zero-order valence-corrected chi connectivity index (χ0v) is 11.8. The standard InChI is InChI=1S/C16H30O/c1-4-5-6-7-8-9-10-11-12-13-16(17)14-15(2)3/h1,15-17H,5-14H2,2-3H3/t16-/m0/s1. The van der Waals surface area contributed by atoms with Crippen LogP contribution in [0.4, 0.5) is 0 Å². The van der Waals surface area contributed by atoms with Crippen LogP contribution in [0.2, 0.25) is 0 Å². The maximum atomic E-state index is 9.70. The molecule has 0 aliphatic carbocycles. The molecule has 0 rings (SSSR count). The predicted molar refractivity (Wildman–Crippen MR) is 75.8 cm³/mol. The fourth-order valence-corrected chi connectivity index (χ4v) is 2.15. The van der Waals surface area contributed by atoms with Gasteiger partial charge in [0, 0.05) is 6.42 Å². The van der Waals surface area contributed by atoms with Crippen molar-refractivity contribution < 1.29 is 5.11 Å². The summed E-state index contributed by atoms with van der Waals surface area (Å²) in [6.07, 6.45) is 16.8. The minimum absolute atomic E-state index is 0.0781. The van der Waals surface area contributed by atoms with Gasteiger partial charge in [0.25, 0.3) is 0 Å². The average Bonchev–Trinajstić information content (AvgIpc) is 2.26. The second kappa shape index (κ2) is 12.0. The van der Waals surface area contributed by atoms with E-state index in [0.29, 0.717) is 5.92 Å². The third kappa shape index (κ3) is 13.5. The van der Waals surface area contributed by atoms with Crippen molar-refractivity contribution in [2.45, 2.75) is 84.2 Å². The zero-order chi connectivity index (χ0) is 12.9. The third-order valence-electron chi connectivity index (χ3n) is 3.10. The molecule has 0 saturated carbocycles. The van der Waals surface area contributed by atoms with Gasteiger partial charge in [0.1, 0.15) is 0 Å². The summed E-state index contributed by atoms with van der Waals surface area (Å²) in [6.45, 7) is 4.33. The topological polar surface area (TPSA) is 20.2 Å². The van der Waals surface area contributed by atoms with Gasteiger partial charge in [-0.15, -0.1) is 12.3 Å². The van der Waals surface area contributed by atoms with Crippen molar-refractivity contribution in [1.29, 1.82) is 0 Å². The Kier molecular flexibility index (Phi) is 11.7. The number of terminal acetylenes is 1. The molecule has 0 amide bonds. The first-order valence-electron chi connectivity index (χ1n) is 7.28. The number of hydrogen-bond acceptors (Lipinski definition) is 1. The number of unbranched alkanes of at least 4 members (excludes halogenated alkanes) is 7. The summed E-state index contributed by atoms with van der Waals surface area (Å²) >= 11 is 0. The molecule has 0 aliphatic heterocycles. The van der Waals surface area contributed by atoms with Gasteiger partial charge in [-0.1, -0.05) is 52.4 Å². The van der Waals surface area contributed by atoms with Gasteiger partial charge < -0.3 is 5.11 Å². The predicted octanol–water partition coefficient (Wildman–Crippen LogP) is 4.54. The normalized spacial score (nSPS) is 12.6. The zero-order valence-electron chi connectivity index (χ0n) is 11.8. The smallest absolute Gasteiger partial charge is 0.0542 e. The average molecular weight is 238 g/mol. The Hall–Kier alpha value is -0.480. The monoisotopic (exact) mass is 238 g/mol. The number of hydrogen-bond donors (Lipinski definition) is 1. The van der Waals surface area contributed by atoms with E-state index in [2.05, 4.69) is 19.8 Å². The van der Waals surface area contributed by atoms with E-state index in [0.717, 1.165) is 19.3 Å². The lowest BCUT2D eigenvalue weighted by Crippen LogP contribution is -2.09. The quantitative estimate of drug-likeness (QED) is 0.414. The summed E-state index contributed by atoms with van der Waals surface area (Å²) in [5.74, 6) is 3.29. The minimum atomic E-state index is -0.0781. The Morgan fingerprint density at radius 3 is 2.00 bits per heavy atom. The van der Waals surface area contributed by atoms with Gasteiger partial charge >= 0.3 is 0 Å². The molecule has 1 atom stereocenters. The van der Waals surface area contributed by atoms with Crippen LogP contribution in [-0.4, -0.2) is 11.2 Å². The van der Waals surface area contributed by atoms with E-state index in [1.165, 1.54) is 44.9 Å². The molecule has 1 nitrogen and oxygen atoms in total. The van der Waals surface area contributed by atoms with Crippen LogP contribution in [0.25, 0.3) is 0 Å². The fourth-order valence-electron chi connectivity index (χ4n) is 2.15. The van der Waals surface area contributed by atoms with Crippen LogP contribution in [0.15, 0.2) is 0 Å². The van der Waals surface area contributed by atoms with Crippen LogP contribution in [0.1, 0.15) is 78.1 Å². The summed E-state index contributed by atoms with van der Waals surface area (Å²) in [6, 6.07) is 0. The summed E-state index contributed by atoms with van der Waals surface area (Å²) < 4.78 is 0. The Bertz CT molecular complexity index is 190. The van der Waals surface area contributed by atoms with E-state index < -0.39 is 0 Å². The molecule has 0 aromatic carbocycles. The molecule has 0 fully saturated rings. The van der Waals surface area contributed by atoms with Gasteiger partial charge in [-0.2, -0.15) is 0 Å². The molecule has 0 radical (unpaired) electrons. The molecule has 0 aliphatic rings. The van der Waals surface area contributed by atoms with E-state index in [4.69, 9.17) is 6.42 Å². The molecule has 100 valence electrons. The molecule has 1 N–H and O–H groups in total. The highest BCUT2D eigenvalue weighted by molar-refractivity contribution is 4.82. The molecule has 0 saturated heterocycles. The van der Waals surface area contributed by atoms with Crippen LogP contribution in [0, 0.1) is 18.3 Å². The van der Waals surface area contributed by atoms with Crippen LogP contribution in [0.3, 0.4) is 0 Å². The largest absolute Gasteiger partial charge is 0.393 e. The molecule has 0 heterocycles. The van der Waals surface area contributed by atoms with E-state index in [1.54, 1.807) is 0 Å². The highest BCUT2D eigenvalue weighted by Crippen LogP contribution is 2.13. The summed E-state index contributed by atoms with van der Waals surface area (Å²) in [5, 5.41) is 9.70. The Labute approximate surface area is 108 Å². The second-order valence-corrected chi connectivity index (χ2v) is 5.50. The van der Waals surface area contributed by atoms with Gasteiger partial charge in [-0.25, -0.2) is 0 Å². The summed E-state index contributed by atoms with van der Waals surface area (Å²) in [7, 11) is 0. The van der Waals surface area contributed by atoms with Gasteiger partial charge in [0.05, 0.1) is 6.10 Å². The van der Waals surface area contributed by atoms with E-state index in [1.807, 2.05) is 0 Å². The number of aliphatic hydroxyl groups excluding tert-OH is 1. The van der Waals surface area contributed by atoms with E-state index in [9.17, 15) is 5.11 Å². The Morgan fingerprint density at radius 2 is 1.47 bits per heavy atom. The van der Waals surface area contributed by atoms with Crippen LogP contribution in [-0.2, 0) is 0 Å². The molecule has 0 spiro atoms. The van der Waals surface area contributed by atoms with E-state index >= 15 is 0 Å². The first-order chi connectivity index (χ1) is 8.16. The molecule has 17 heavy (non-hydrogen) atoms. The maximum absolute atomic E-state index is 9.70. The lowest BCUT2D eigenvalue weighted by molar-refractivity contribution is 0.136. The van der Waals surface area contributed by atoms with Crippen LogP contribution >= 0.6 is 0 Å². The highest BCUT2D eigenvalue weighted by Gasteiger charge is 2.05. The molecular formula is C16H30O. The molecule has 1 heteroatoms. The van der Waals surface area contributed by atoms with Crippen molar-refractivity contribution in [2.75, 3.05) is 0 Å². The van der Waals surface area contributed by atoms with Gasteiger partial charge in [-0.05, 0) is 25.2 Å². The summed E-state index contributed by atoms with van der Waals surface area (Å²) in [4.78, 5) is 0. The van der Waals surface area contributed by atoms with Gasteiger partial charge in [0.15, 0.2) is 0 Å². The van der Waals surface area contributed by atoms with Crippen molar-refractivity contribution in [2.24, 2.45) is 5.92 Å².